The first-order valence-electron chi connectivity index (χ1n) is 10.9. The van der Waals surface area contributed by atoms with Gasteiger partial charge < -0.3 is 19.9 Å². The van der Waals surface area contributed by atoms with Crippen LogP contribution in [-0.4, -0.2) is 66.0 Å². The Labute approximate surface area is 192 Å². The quantitative estimate of drug-likeness (QED) is 0.618. The van der Waals surface area contributed by atoms with Gasteiger partial charge in [0.1, 0.15) is 5.82 Å². The number of amides is 3. The largest absolute Gasteiger partial charge is 0.452 e. The summed E-state index contributed by atoms with van der Waals surface area (Å²) >= 11 is 0. The highest BCUT2D eigenvalue weighted by Gasteiger charge is 2.30. The van der Waals surface area contributed by atoms with Crippen LogP contribution in [0.3, 0.4) is 0 Å². The zero-order valence-electron chi connectivity index (χ0n) is 19.5. The number of benzene rings is 1. The average Bonchev–Trinajstić information content (AvgIpc) is 3.25. The molecule has 0 spiro atoms. The van der Waals surface area contributed by atoms with Crippen LogP contribution in [-0.2, 0) is 9.53 Å². The van der Waals surface area contributed by atoms with E-state index < -0.39 is 17.8 Å². The number of halogens is 1. The summed E-state index contributed by atoms with van der Waals surface area (Å²) in [5.41, 5.74) is 3.28. The van der Waals surface area contributed by atoms with E-state index in [0.717, 1.165) is 18.0 Å². The number of nitrogens with one attached hydrogen (secondary N) is 2. The van der Waals surface area contributed by atoms with Gasteiger partial charge in [0.15, 0.2) is 0 Å². The lowest BCUT2D eigenvalue weighted by molar-refractivity contribution is -0.110. The lowest BCUT2D eigenvalue weighted by Crippen LogP contribution is -2.42. The fraction of sp³-hybridized carbons (Fsp3) is 0.375. The van der Waals surface area contributed by atoms with Crippen LogP contribution in [0.1, 0.15) is 46.7 Å². The summed E-state index contributed by atoms with van der Waals surface area (Å²) in [6.45, 7) is 9.78. The number of aromatic nitrogens is 1. The van der Waals surface area contributed by atoms with Gasteiger partial charge in [-0.05, 0) is 56.8 Å². The van der Waals surface area contributed by atoms with Gasteiger partial charge >= 0.3 is 6.09 Å². The molecule has 1 aromatic heterocycles. The molecule has 3 amide bonds. The minimum atomic E-state index is -0.730. The lowest BCUT2D eigenvalue weighted by atomic mass is 10.0. The maximum atomic E-state index is 13.8. The summed E-state index contributed by atoms with van der Waals surface area (Å²) in [6.07, 6.45) is 0.865. The van der Waals surface area contributed by atoms with Gasteiger partial charge in [0.05, 0.1) is 18.2 Å². The number of fused-ring (bicyclic) bond motifs is 1. The number of imide groups is 1. The second kappa shape index (κ2) is 9.99. The van der Waals surface area contributed by atoms with Crippen molar-refractivity contribution in [2.45, 2.75) is 27.7 Å². The van der Waals surface area contributed by atoms with Crippen molar-refractivity contribution in [2.24, 2.45) is 0 Å². The molecule has 0 saturated heterocycles. The molecule has 0 unspecified atom stereocenters. The molecule has 0 fully saturated rings. The molecular formula is C24H29FN4O4. The summed E-state index contributed by atoms with van der Waals surface area (Å²) in [4.78, 5) is 44.5. The van der Waals surface area contributed by atoms with Gasteiger partial charge in [-0.2, -0.15) is 0 Å². The summed E-state index contributed by atoms with van der Waals surface area (Å²) in [7, 11) is 1.24. The molecule has 0 aliphatic carbocycles. The Balaban J connectivity index is 1.96. The molecule has 0 radical (unpaired) electrons. The van der Waals surface area contributed by atoms with Crippen LogP contribution in [0, 0.1) is 19.7 Å². The molecule has 0 saturated carbocycles. The third-order valence-electron chi connectivity index (χ3n) is 5.92. The van der Waals surface area contributed by atoms with Crippen molar-refractivity contribution in [3.05, 3.63) is 52.1 Å². The van der Waals surface area contributed by atoms with Crippen molar-refractivity contribution in [2.75, 3.05) is 38.6 Å². The van der Waals surface area contributed by atoms with Gasteiger partial charge in [0.2, 0.25) is 0 Å². The summed E-state index contributed by atoms with van der Waals surface area (Å²) in [5, 5.41) is 2.71. The number of aromatic amines is 1. The summed E-state index contributed by atoms with van der Waals surface area (Å²) in [5.74, 6) is -1.29. The van der Waals surface area contributed by atoms with Crippen molar-refractivity contribution in [1.82, 2.24) is 14.8 Å². The van der Waals surface area contributed by atoms with Gasteiger partial charge in [-0.3, -0.25) is 9.59 Å². The molecule has 0 atom stereocenters. The molecule has 1 aromatic carbocycles. The standard InChI is InChI=1S/C24H29FN4O4/c1-6-28(7-2)10-11-29(24(32)33-5)23(31)21-14(3)20(26-15(21)4)13-18-17-12-16(25)8-9-19(17)27-22(18)30/h8-9,12-13,26H,6-7,10-11H2,1-5H3,(H,27,30). The zero-order chi connectivity index (χ0) is 24.3. The molecular weight excluding hydrogens is 427 g/mol. The second-order valence-electron chi connectivity index (χ2n) is 7.82. The average molecular weight is 457 g/mol. The van der Waals surface area contributed by atoms with Crippen molar-refractivity contribution >= 4 is 35.2 Å². The number of methoxy groups -OCH3 is 1. The Morgan fingerprint density at radius 3 is 2.48 bits per heavy atom. The van der Waals surface area contributed by atoms with Crippen LogP contribution >= 0.6 is 0 Å². The SMILES string of the molecule is CCN(CC)CCN(C(=O)OC)C(=O)c1c(C)[nH]c(C=C2C(=O)Nc3ccc(F)cc32)c1C. The number of carbonyl (C=O) groups is 3. The first kappa shape index (κ1) is 24.2. The van der Waals surface area contributed by atoms with E-state index in [1.54, 1.807) is 19.9 Å². The van der Waals surface area contributed by atoms with Gasteiger partial charge in [-0.15, -0.1) is 0 Å². The maximum absolute atomic E-state index is 13.8. The number of ether oxygens (including phenoxy) is 1. The van der Waals surface area contributed by atoms with Crippen molar-refractivity contribution in [1.29, 1.82) is 0 Å². The van der Waals surface area contributed by atoms with Crippen LogP contribution in [0.2, 0.25) is 0 Å². The third-order valence-corrected chi connectivity index (χ3v) is 5.92. The fourth-order valence-corrected chi connectivity index (χ4v) is 3.99. The predicted octanol–water partition coefficient (Wildman–Crippen LogP) is 3.81. The number of carbonyl (C=O) groups excluding carboxylic acids is 3. The molecule has 9 heteroatoms. The number of nitrogens with zero attached hydrogens (tertiary/aromatic N) is 2. The fourth-order valence-electron chi connectivity index (χ4n) is 3.99. The van der Waals surface area contributed by atoms with Crippen molar-refractivity contribution in [3.8, 4) is 0 Å². The molecule has 3 rings (SSSR count). The number of hydrogen-bond acceptors (Lipinski definition) is 5. The smallest absolute Gasteiger partial charge is 0.416 e. The molecule has 33 heavy (non-hydrogen) atoms. The summed E-state index contributed by atoms with van der Waals surface area (Å²) in [6, 6.07) is 4.08. The third kappa shape index (κ3) is 4.83. The van der Waals surface area contributed by atoms with Crippen molar-refractivity contribution in [3.63, 3.8) is 0 Å². The van der Waals surface area contributed by atoms with E-state index in [4.69, 9.17) is 4.74 Å². The minimum absolute atomic E-state index is 0.183. The Morgan fingerprint density at radius 2 is 1.85 bits per heavy atom. The number of aryl methyl sites for hydroxylation is 1. The highest BCUT2D eigenvalue weighted by molar-refractivity contribution is 6.35. The molecule has 2 N–H and O–H groups in total. The van der Waals surface area contributed by atoms with E-state index in [1.807, 2.05) is 13.8 Å². The van der Waals surface area contributed by atoms with E-state index in [-0.39, 0.29) is 12.5 Å². The number of hydrogen-bond donors (Lipinski definition) is 2. The van der Waals surface area contributed by atoms with E-state index in [0.29, 0.717) is 45.9 Å². The Morgan fingerprint density at radius 1 is 1.15 bits per heavy atom. The predicted molar refractivity (Wildman–Crippen MR) is 124 cm³/mol. The molecule has 2 aromatic rings. The Bertz CT molecular complexity index is 1120. The Kier molecular flexibility index (Phi) is 7.33. The highest BCUT2D eigenvalue weighted by atomic mass is 19.1. The normalized spacial score (nSPS) is 13.9. The topological polar surface area (TPSA) is 94.7 Å². The Hall–Kier alpha value is -3.46. The monoisotopic (exact) mass is 456 g/mol. The molecule has 1 aliphatic rings. The van der Waals surface area contributed by atoms with Gasteiger partial charge in [-0.25, -0.2) is 14.1 Å². The highest BCUT2D eigenvalue weighted by Crippen LogP contribution is 2.34. The number of H-pyrrole nitrogens is 1. The molecule has 8 nitrogen and oxygen atoms in total. The number of rotatable bonds is 7. The van der Waals surface area contributed by atoms with Gasteiger partial charge in [-0.1, -0.05) is 13.8 Å². The van der Waals surface area contributed by atoms with Crippen LogP contribution in [0.25, 0.3) is 11.6 Å². The second-order valence-corrected chi connectivity index (χ2v) is 7.82. The summed E-state index contributed by atoms with van der Waals surface area (Å²) < 4.78 is 18.6. The van der Waals surface area contributed by atoms with E-state index in [1.165, 1.54) is 25.3 Å². The molecule has 0 bridgehead atoms. The maximum Gasteiger partial charge on any atom is 0.416 e. The minimum Gasteiger partial charge on any atom is -0.452 e. The van der Waals surface area contributed by atoms with Gasteiger partial charge in [0.25, 0.3) is 11.8 Å². The van der Waals surface area contributed by atoms with E-state index in [2.05, 4.69) is 15.2 Å². The zero-order valence-corrected chi connectivity index (χ0v) is 19.5. The first-order chi connectivity index (χ1) is 15.7. The molecule has 1 aliphatic heterocycles. The molecule has 176 valence electrons. The number of anilines is 1. The number of likely N-dealkylation sites (N-methyl/N-ethyl adjacent to an activating group) is 1. The van der Waals surface area contributed by atoms with Gasteiger partial charge in [0, 0.05) is 35.7 Å². The lowest BCUT2D eigenvalue weighted by Gasteiger charge is -2.24. The van der Waals surface area contributed by atoms with E-state index >= 15 is 0 Å². The molecule has 2 heterocycles. The van der Waals surface area contributed by atoms with Crippen LogP contribution < -0.4 is 5.32 Å². The van der Waals surface area contributed by atoms with Crippen LogP contribution in [0.4, 0.5) is 14.9 Å². The van der Waals surface area contributed by atoms with E-state index in [9.17, 15) is 18.8 Å². The van der Waals surface area contributed by atoms with Crippen LogP contribution in [0.15, 0.2) is 18.2 Å². The van der Waals surface area contributed by atoms with Crippen LogP contribution in [0.5, 0.6) is 0 Å². The first-order valence-corrected chi connectivity index (χ1v) is 10.9. The van der Waals surface area contributed by atoms with Crippen molar-refractivity contribution < 1.29 is 23.5 Å².